The van der Waals surface area contributed by atoms with Gasteiger partial charge in [-0.15, -0.1) is 0 Å². The molecule has 22 heavy (non-hydrogen) atoms. The van der Waals surface area contributed by atoms with Crippen molar-refractivity contribution in [2.75, 3.05) is 13.2 Å². The lowest BCUT2D eigenvalue weighted by atomic mass is 9.73. The van der Waals surface area contributed by atoms with E-state index in [-0.39, 0.29) is 12.0 Å². The molecule has 0 spiro atoms. The lowest BCUT2D eigenvalue weighted by Crippen LogP contribution is -2.29. The minimum atomic E-state index is -0.472. The molecule has 0 bridgehead atoms. The molecule has 1 saturated heterocycles. The third-order valence-electron chi connectivity index (χ3n) is 5.22. The average molecular weight is 305 g/mol. The van der Waals surface area contributed by atoms with E-state index in [2.05, 4.69) is 13.8 Å². The molecule has 0 amide bonds. The van der Waals surface area contributed by atoms with E-state index in [9.17, 15) is 10.2 Å². The van der Waals surface area contributed by atoms with Gasteiger partial charge in [0.05, 0.1) is 12.7 Å². The largest absolute Gasteiger partial charge is 0.392 e. The highest BCUT2D eigenvalue weighted by molar-refractivity contribution is 5.44. The van der Waals surface area contributed by atoms with Gasteiger partial charge >= 0.3 is 0 Å². The lowest BCUT2D eigenvalue weighted by molar-refractivity contribution is 0.0827. The Morgan fingerprint density at radius 1 is 1.27 bits per heavy atom. The number of rotatable bonds is 2. The van der Waals surface area contributed by atoms with Crippen LogP contribution in [0.1, 0.15) is 73.2 Å². The zero-order valence-electron chi connectivity index (χ0n) is 13.9. The minimum absolute atomic E-state index is 0.00504. The Hall–Kier alpha value is -0.970. The van der Waals surface area contributed by atoms with Crippen LogP contribution in [0.2, 0.25) is 0 Å². The molecule has 1 aliphatic heterocycles. The van der Waals surface area contributed by atoms with Crippen LogP contribution in [0.5, 0.6) is 0 Å². The van der Waals surface area contributed by atoms with Crippen LogP contribution in [0.15, 0.2) is 0 Å². The number of pyridine rings is 1. The Labute approximate surface area is 132 Å². The highest BCUT2D eigenvalue weighted by Crippen LogP contribution is 2.43. The molecule has 1 aromatic rings. The molecule has 0 aromatic carbocycles. The van der Waals surface area contributed by atoms with Crippen LogP contribution in [-0.4, -0.2) is 28.4 Å². The van der Waals surface area contributed by atoms with Crippen molar-refractivity contribution in [1.29, 1.82) is 0 Å². The van der Waals surface area contributed by atoms with Crippen LogP contribution in [0, 0.1) is 12.3 Å². The first-order chi connectivity index (χ1) is 10.4. The summed E-state index contributed by atoms with van der Waals surface area (Å²) in [5.41, 5.74) is 5.05. The van der Waals surface area contributed by atoms with Crippen LogP contribution >= 0.6 is 0 Å². The van der Waals surface area contributed by atoms with Crippen LogP contribution < -0.4 is 0 Å². The van der Waals surface area contributed by atoms with Crippen molar-refractivity contribution < 1.29 is 14.9 Å². The molecule has 3 rings (SSSR count). The number of ether oxygens (including phenoxy) is 1. The average Bonchev–Trinajstić information content (AvgIpc) is 2.46. The first-order valence-electron chi connectivity index (χ1n) is 8.32. The van der Waals surface area contributed by atoms with E-state index in [1.807, 2.05) is 6.92 Å². The van der Waals surface area contributed by atoms with Crippen LogP contribution in [0.3, 0.4) is 0 Å². The smallest absolute Gasteiger partial charge is 0.0815 e. The zero-order valence-corrected chi connectivity index (χ0v) is 13.9. The molecular weight excluding hydrogens is 278 g/mol. The van der Waals surface area contributed by atoms with Gasteiger partial charge in [-0.2, -0.15) is 0 Å². The SMILES string of the molecule is Cc1c(CO)c(C2CCOCC2)nc2c1C(O)CC(C)(C)C2. The molecule has 2 aliphatic rings. The number of fused-ring (bicyclic) bond motifs is 1. The van der Waals surface area contributed by atoms with Gasteiger partial charge < -0.3 is 14.9 Å². The molecule has 1 fully saturated rings. The van der Waals surface area contributed by atoms with Crippen LogP contribution in [-0.2, 0) is 17.8 Å². The van der Waals surface area contributed by atoms with Crippen molar-refractivity contribution in [1.82, 2.24) is 4.98 Å². The Kier molecular flexibility index (Phi) is 4.27. The first kappa shape index (κ1) is 15.9. The number of aliphatic hydroxyl groups is 2. The fourth-order valence-corrected chi connectivity index (χ4v) is 4.08. The maximum absolute atomic E-state index is 10.6. The number of aliphatic hydroxyl groups excluding tert-OH is 2. The van der Waals surface area contributed by atoms with Gasteiger partial charge in [-0.1, -0.05) is 13.8 Å². The summed E-state index contributed by atoms with van der Waals surface area (Å²) in [4.78, 5) is 4.94. The number of hydrogen-bond donors (Lipinski definition) is 2. The predicted octanol–water partition coefficient (Wildman–Crippen LogP) is 2.78. The molecule has 0 saturated carbocycles. The number of hydrogen-bond acceptors (Lipinski definition) is 4. The monoisotopic (exact) mass is 305 g/mol. The van der Waals surface area contributed by atoms with Gasteiger partial charge in [0.1, 0.15) is 0 Å². The van der Waals surface area contributed by atoms with E-state index >= 15 is 0 Å². The zero-order chi connectivity index (χ0) is 15.9. The molecule has 4 heteroatoms. The molecule has 1 aliphatic carbocycles. The molecular formula is C18H27NO3. The Balaban J connectivity index is 2.10. The van der Waals surface area contributed by atoms with Gasteiger partial charge in [0.2, 0.25) is 0 Å². The van der Waals surface area contributed by atoms with Crippen molar-refractivity contribution >= 4 is 0 Å². The number of aromatic nitrogens is 1. The van der Waals surface area contributed by atoms with Crippen molar-refractivity contribution in [2.45, 2.75) is 65.1 Å². The van der Waals surface area contributed by atoms with E-state index in [0.717, 1.165) is 67.0 Å². The second kappa shape index (κ2) is 5.91. The van der Waals surface area contributed by atoms with Gasteiger partial charge in [-0.25, -0.2) is 0 Å². The first-order valence-corrected chi connectivity index (χ1v) is 8.32. The maximum Gasteiger partial charge on any atom is 0.0815 e. The Morgan fingerprint density at radius 3 is 2.59 bits per heavy atom. The highest BCUT2D eigenvalue weighted by Gasteiger charge is 2.35. The molecule has 2 N–H and O–H groups in total. The van der Waals surface area contributed by atoms with Crippen LogP contribution in [0.4, 0.5) is 0 Å². The molecule has 122 valence electrons. The normalized spacial score (nSPS) is 25.0. The van der Waals surface area contributed by atoms with Gasteiger partial charge in [-0.05, 0) is 43.6 Å². The fourth-order valence-electron chi connectivity index (χ4n) is 4.08. The van der Waals surface area contributed by atoms with Crippen molar-refractivity contribution in [2.24, 2.45) is 5.41 Å². The summed E-state index contributed by atoms with van der Waals surface area (Å²) in [5, 5.41) is 20.4. The summed E-state index contributed by atoms with van der Waals surface area (Å²) < 4.78 is 5.46. The van der Waals surface area contributed by atoms with Crippen molar-refractivity contribution in [3.8, 4) is 0 Å². The molecule has 1 unspecified atom stereocenters. The van der Waals surface area contributed by atoms with E-state index in [0.29, 0.717) is 5.92 Å². The van der Waals surface area contributed by atoms with Crippen molar-refractivity contribution in [3.63, 3.8) is 0 Å². The van der Waals surface area contributed by atoms with Gasteiger partial charge in [0.15, 0.2) is 0 Å². The third kappa shape index (κ3) is 2.80. The Morgan fingerprint density at radius 2 is 1.95 bits per heavy atom. The summed E-state index contributed by atoms with van der Waals surface area (Å²) >= 11 is 0. The van der Waals surface area contributed by atoms with Gasteiger partial charge in [-0.3, -0.25) is 4.98 Å². The van der Waals surface area contributed by atoms with E-state index < -0.39 is 6.10 Å². The fraction of sp³-hybridized carbons (Fsp3) is 0.722. The maximum atomic E-state index is 10.6. The topological polar surface area (TPSA) is 62.6 Å². The highest BCUT2D eigenvalue weighted by atomic mass is 16.5. The minimum Gasteiger partial charge on any atom is -0.392 e. The third-order valence-corrected chi connectivity index (χ3v) is 5.22. The lowest BCUT2D eigenvalue weighted by Gasteiger charge is -2.36. The van der Waals surface area contributed by atoms with E-state index in [1.165, 1.54) is 0 Å². The quantitative estimate of drug-likeness (QED) is 0.882. The van der Waals surface area contributed by atoms with E-state index in [4.69, 9.17) is 9.72 Å². The summed E-state index contributed by atoms with van der Waals surface area (Å²) in [6.07, 6.45) is 3.10. The number of nitrogens with zero attached hydrogens (tertiary/aromatic N) is 1. The molecule has 0 radical (unpaired) electrons. The predicted molar refractivity (Wildman–Crippen MR) is 84.8 cm³/mol. The second-order valence-electron chi connectivity index (χ2n) is 7.57. The summed E-state index contributed by atoms with van der Waals surface area (Å²) in [6, 6.07) is 0. The summed E-state index contributed by atoms with van der Waals surface area (Å²) in [7, 11) is 0. The van der Waals surface area contributed by atoms with Gasteiger partial charge in [0.25, 0.3) is 0 Å². The Bertz CT molecular complexity index is 562. The summed E-state index contributed by atoms with van der Waals surface area (Å²) in [5.74, 6) is 0.363. The second-order valence-corrected chi connectivity index (χ2v) is 7.57. The van der Waals surface area contributed by atoms with E-state index in [1.54, 1.807) is 0 Å². The molecule has 2 heterocycles. The van der Waals surface area contributed by atoms with Crippen LogP contribution in [0.25, 0.3) is 0 Å². The molecule has 1 atom stereocenters. The molecule has 4 nitrogen and oxygen atoms in total. The standard InChI is InChI=1S/C18H27NO3/c1-11-13(10-20)17(12-4-6-22-7-5-12)19-14-8-18(2,3)9-15(21)16(11)14/h12,15,20-21H,4-10H2,1-3H3. The molecule has 1 aromatic heterocycles. The van der Waals surface area contributed by atoms with Crippen molar-refractivity contribution in [3.05, 3.63) is 28.1 Å². The van der Waals surface area contributed by atoms with Gasteiger partial charge in [0, 0.05) is 41.6 Å². The summed E-state index contributed by atoms with van der Waals surface area (Å²) in [6.45, 7) is 7.92.